The molecule has 2 N–H and O–H groups in total. The fraction of sp³-hybridized carbons (Fsp3) is 0.0667. The highest BCUT2D eigenvalue weighted by Crippen LogP contribution is 2.26. The van der Waals surface area contributed by atoms with Crippen molar-refractivity contribution in [3.8, 4) is 11.6 Å². The lowest BCUT2D eigenvalue weighted by Crippen LogP contribution is -2.02. The van der Waals surface area contributed by atoms with Gasteiger partial charge in [0.2, 0.25) is 0 Å². The predicted octanol–water partition coefficient (Wildman–Crippen LogP) is 3.24. The molecule has 2 aromatic heterocycles. The van der Waals surface area contributed by atoms with E-state index in [2.05, 4.69) is 15.3 Å². The van der Waals surface area contributed by atoms with Gasteiger partial charge in [-0.2, -0.15) is 0 Å². The molecule has 5 nitrogen and oxygen atoms in total. The first-order valence-electron chi connectivity index (χ1n) is 6.38. The summed E-state index contributed by atoms with van der Waals surface area (Å²) in [7, 11) is 0. The molecule has 0 atom stereocenters. The average Bonchev–Trinajstić information content (AvgIpc) is 3.02. The number of nitrogens with one attached hydrogen (secondary N) is 1. The summed E-state index contributed by atoms with van der Waals surface area (Å²) in [6.07, 6.45) is 6.95. The number of imidazole rings is 1. The Balaban J connectivity index is 1.71. The Morgan fingerprint density at radius 2 is 2.14 bits per heavy atom. The molecule has 0 aliphatic heterocycles. The normalized spacial score (nSPS) is 10.5. The highest BCUT2D eigenvalue weighted by molar-refractivity contribution is 6.31. The van der Waals surface area contributed by atoms with Crippen LogP contribution < -0.4 is 5.32 Å². The number of aromatic nitrogens is 3. The Kier molecular flexibility index (Phi) is 3.75. The molecule has 0 radical (unpaired) electrons. The molecule has 21 heavy (non-hydrogen) atoms. The minimum absolute atomic E-state index is 0.179. The minimum Gasteiger partial charge on any atom is -0.508 e. The van der Waals surface area contributed by atoms with Crippen LogP contribution >= 0.6 is 11.6 Å². The Morgan fingerprint density at radius 1 is 1.24 bits per heavy atom. The largest absolute Gasteiger partial charge is 0.508 e. The Bertz CT molecular complexity index is 706. The SMILES string of the molecule is Oc1cccc(Cl)c1CNc1ccc(-n2ccnc2)nc1. The van der Waals surface area contributed by atoms with Crippen molar-refractivity contribution in [1.82, 2.24) is 14.5 Å². The van der Waals surface area contributed by atoms with Crippen LogP contribution in [0.2, 0.25) is 5.02 Å². The third-order valence-electron chi connectivity index (χ3n) is 3.08. The maximum Gasteiger partial charge on any atom is 0.137 e. The Morgan fingerprint density at radius 3 is 2.81 bits per heavy atom. The summed E-state index contributed by atoms with van der Waals surface area (Å²) in [5.41, 5.74) is 1.51. The molecule has 0 saturated carbocycles. The van der Waals surface area contributed by atoms with Gasteiger partial charge in [-0.15, -0.1) is 0 Å². The molecule has 0 amide bonds. The van der Waals surface area contributed by atoms with Crippen molar-refractivity contribution in [3.05, 3.63) is 65.8 Å². The number of aromatic hydroxyl groups is 1. The number of anilines is 1. The van der Waals surface area contributed by atoms with Gasteiger partial charge in [0, 0.05) is 29.5 Å². The van der Waals surface area contributed by atoms with Gasteiger partial charge in [-0.1, -0.05) is 17.7 Å². The molecule has 2 heterocycles. The molecule has 0 unspecified atom stereocenters. The molecule has 1 aromatic carbocycles. The first kappa shape index (κ1) is 13.5. The molecule has 0 spiro atoms. The number of hydrogen-bond acceptors (Lipinski definition) is 4. The van der Waals surface area contributed by atoms with E-state index < -0.39 is 0 Å². The summed E-state index contributed by atoms with van der Waals surface area (Å²) < 4.78 is 1.82. The van der Waals surface area contributed by atoms with Crippen LogP contribution in [0, 0.1) is 0 Å². The average molecular weight is 301 g/mol. The van der Waals surface area contributed by atoms with Crippen molar-refractivity contribution in [2.75, 3.05) is 5.32 Å². The maximum atomic E-state index is 9.79. The van der Waals surface area contributed by atoms with Crippen LogP contribution in [0.25, 0.3) is 5.82 Å². The lowest BCUT2D eigenvalue weighted by Gasteiger charge is -2.10. The number of rotatable bonds is 4. The summed E-state index contributed by atoms with van der Waals surface area (Å²) in [5.74, 6) is 0.969. The van der Waals surface area contributed by atoms with Crippen LogP contribution in [0.1, 0.15) is 5.56 Å². The lowest BCUT2D eigenvalue weighted by atomic mass is 10.2. The lowest BCUT2D eigenvalue weighted by molar-refractivity contribution is 0.469. The van der Waals surface area contributed by atoms with Gasteiger partial charge in [-0.05, 0) is 24.3 Å². The van der Waals surface area contributed by atoms with E-state index in [4.69, 9.17) is 11.6 Å². The van der Waals surface area contributed by atoms with Gasteiger partial charge in [0.1, 0.15) is 17.9 Å². The number of phenols is 1. The van der Waals surface area contributed by atoms with Crippen molar-refractivity contribution in [3.63, 3.8) is 0 Å². The second-order valence-electron chi connectivity index (χ2n) is 4.47. The Hall–Kier alpha value is -2.53. The predicted molar refractivity (Wildman–Crippen MR) is 81.8 cm³/mol. The second-order valence-corrected chi connectivity index (χ2v) is 4.87. The zero-order chi connectivity index (χ0) is 14.7. The van der Waals surface area contributed by atoms with E-state index in [0.29, 0.717) is 17.1 Å². The van der Waals surface area contributed by atoms with Crippen molar-refractivity contribution >= 4 is 17.3 Å². The number of nitrogens with zero attached hydrogens (tertiary/aromatic N) is 3. The molecule has 0 fully saturated rings. The first-order chi connectivity index (χ1) is 10.2. The van der Waals surface area contributed by atoms with E-state index in [0.717, 1.165) is 11.5 Å². The number of pyridine rings is 1. The Labute approximate surface area is 126 Å². The van der Waals surface area contributed by atoms with Gasteiger partial charge in [0.15, 0.2) is 0 Å². The molecule has 0 saturated heterocycles. The van der Waals surface area contributed by atoms with Gasteiger partial charge >= 0.3 is 0 Å². The van der Waals surface area contributed by atoms with Crippen LogP contribution in [0.3, 0.4) is 0 Å². The zero-order valence-corrected chi connectivity index (χ0v) is 11.8. The molecule has 0 aliphatic carbocycles. The van der Waals surface area contributed by atoms with Gasteiger partial charge in [0.25, 0.3) is 0 Å². The number of benzene rings is 1. The minimum atomic E-state index is 0.179. The van der Waals surface area contributed by atoms with Crippen molar-refractivity contribution in [2.24, 2.45) is 0 Å². The van der Waals surface area contributed by atoms with Crippen molar-refractivity contribution < 1.29 is 5.11 Å². The van der Waals surface area contributed by atoms with E-state index in [1.807, 2.05) is 22.9 Å². The fourth-order valence-corrected chi connectivity index (χ4v) is 2.19. The second kappa shape index (κ2) is 5.85. The van der Waals surface area contributed by atoms with Crippen LogP contribution in [0.5, 0.6) is 5.75 Å². The van der Waals surface area contributed by atoms with Crippen molar-refractivity contribution in [1.29, 1.82) is 0 Å². The zero-order valence-electron chi connectivity index (χ0n) is 11.1. The monoisotopic (exact) mass is 300 g/mol. The highest BCUT2D eigenvalue weighted by Gasteiger charge is 2.06. The van der Waals surface area contributed by atoms with Crippen LogP contribution in [-0.4, -0.2) is 19.6 Å². The molecule has 0 bridgehead atoms. The summed E-state index contributed by atoms with van der Waals surface area (Å²) in [4.78, 5) is 8.32. The molecule has 3 rings (SSSR count). The number of halogens is 1. The number of phenolic OH excluding ortho intramolecular Hbond substituents is 1. The maximum absolute atomic E-state index is 9.79. The molecule has 6 heteroatoms. The molecular formula is C15H13ClN4O. The third-order valence-corrected chi connectivity index (χ3v) is 3.43. The summed E-state index contributed by atoms with van der Waals surface area (Å²) in [6.45, 7) is 0.428. The van der Waals surface area contributed by atoms with E-state index in [1.165, 1.54) is 0 Å². The molecule has 3 aromatic rings. The fourth-order valence-electron chi connectivity index (χ4n) is 1.95. The van der Waals surface area contributed by atoms with Gasteiger partial charge in [0.05, 0.1) is 11.9 Å². The molecule has 0 aliphatic rings. The van der Waals surface area contributed by atoms with Crippen molar-refractivity contribution in [2.45, 2.75) is 6.54 Å². The van der Waals surface area contributed by atoms with E-state index in [-0.39, 0.29) is 5.75 Å². The standard InChI is InChI=1S/C15H13ClN4O/c16-13-2-1-3-14(21)12(13)9-18-11-4-5-15(19-8-11)20-7-6-17-10-20/h1-8,10,18,21H,9H2. The van der Waals surface area contributed by atoms with E-state index >= 15 is 0 Å². The van der Waals surface area contributed by atoms with Crippen LogP contribution in [-0.2, 0) is 6.54 Å². The summed E-state index contributed by atoms with van der Waals surface area (Å²) >= 11 is 6.06. The smallest absolute Gasteiger partial charge is 0.137 e. The van der Waals surface area contributed by atoms with Gasteiger partial charge in [-0.25, -0.2) is 9.97 Å². The van der Waals surface area contributed by atoms with E-state index in [9.17, 15) is 5.11 Å². The summed E-state index contributed by atoms with van der Waals surface area (Å²) in [5, 5.41) is 13.5. The van der Waals surface area contributed by atoms with Crippen LogP contribution in [0.4, 0.5) is 5.69 Å². The van der Waals surface area contributed by atoms with Crippen LogP contribution in [0.15, 0.2) is 55.2 Å². The summed E-state index contributed by atoms with van der Waals surface area (Å²) in [6, 6.07) is 8.87. The van der Waals surface area contributed by atoms with Gasteiger partial charge < -0.3 is 10.4 Å². The highest BCUT2D eigenvalue weighted by atomic mass is 35.5. The third kappa shape index (κ3) is 2.98. The number of hydrogen-bond donors (Lipinski definition) is 2. The quantitative estimate of drug-likeness (QED) is 0.776. The van der Waals surface area contributed by atoms with Gasteiger partial charge in [-0.3, -0.25) is 4.57 Å². The van der Waals surface area contributed by atoms with E-state index in [1.54, 1.807) is 36.9 Å². The topological polar surface area (TPSA) is 63.0 Å². The first-order valence-corrected chi connectivity index (χ1v) is 6.76. The molecule has 106 valence electrons. The molecular weight excluding hydrogens is 288 g/mol.